The van der Waals surface area contributed by atoms with Crippen LogP contribution in [0.1, 0.15) is 31.7 Å². The summed E-state index contributed by atoms with van der Waals surface area (Å²) >= 11 is 0. The molecule has 6 heteroatoms. The van der Waals surface area contributed by atoms with Crippen molar-refractivity contribution in [2.24, 2.45) is 0 Å². The average Bonchev–Trinajstić information content (AvgIpc) is 2.43. The molecular formula is C14H23NO4S. The highest BCUT2D eigenvalue weighted by molar-refractivity contribution is 7.89. The van der Waals surface area contributed by atoms with Crippen LogP contribution in [0, 0.1) is 6.92 Å². The molecule has 1 N–H and O–H groups in total. The summed E-state index contributed by atoms with van der Waals surface area (Å²) in [7, 11) is -0.618. The molecule has 0 aliphatic heterocycles. The number of benzene rings is 1. The van der Waals surface area contributed by atoms with Crippen molar-refractivity contribution in [3.05, 3.63) is 17.7 Å². The molecule has 0 radical (unpaired) electrons. The molecule has 20 heavy (non-hydrogen) atoms. The van der Waals surface area contributed by atoms with Gasteiger partial charge in [0.2, 0.25) is 10.0 Å². The van der Waals surface area contributed by atoms with E-state index in [1.54, 1.807) is 6.07 Å². The summed E-state index contributed by atoms with van der Waals surface area (Å²) in [4.78, 5) is 0.110. The number of sulfonamides is 1. The Balaban J connectivity index is 3.03. The van der Waals surface area contributed by atoms with Crippen molar-refractivity contribution >= 4 is 10.0 Å². The molecule has 0 unspecified atom stereocenters. The SMILES string of the molecule is CCCCCNS(=O)(=O)c1cc(OC)c(C)cc1OC. The maximum absolute atomic E-state index is 12.3. The van der Waals surface area contributed by atoms with Crippen LogP contribution >= 0.6 is 0 Å². The highest BCUT2D eigenvalue weighted by atomic mass is 32.2. The molecule has 5 nitrogen and oxygen atoms in total. The van der Waals surface area contributed by atoms with Crippen molar-refractivity contribution in [3.63, 3.8) is 0 Å². The number of ether oxygens (including phenoxy) is 2. The predicted octanol–water partition coefficient (Wildman–Crippen LogP) is 2.48. The quantitative estimate of drug-likeness (QED) is 0.749. The van der Waals surface area contributed by atoms with Gasteiger partial charge in [0.1, 0.15) is 16.4 Å². The Morgan fingerprint density at radius 3 is 2.30 bits per heavy atom. The first-order chi connectivity index (χ1) is 9.46. The van der Waals surface area contributed by atoms with Gasteiger partial charge in [-0.3, -0.25) is 0 Å². The van der Waals surface area contributed by atoms with Crippen LogP contribution in [-0.2, 0) is 10.0 Å². The van der Waals surface area contributed by atoms with E-state index in [4.69, 9.17) is 9.47 Å². The summed E-state index contributed by atoms with van der Waals surface area (Å²) in [5, 5.41) is 0. The molecule has 1 rings (SSSR count). The van der Waals surface area contributed by atoms with Crippen molar-refractivity contribution in [3.8, 4) is 11.5 Å². The van der Waals surface area contributed by atoms with Gasteiger partial charge in [0.05, 0.1) is 14.2 Å². The standard InChI is InChI=1S/C14H23NO4S/c1-5-6-7-8-15-20(16,17)14-10-12(18-3)11(2)9-13(14)19-4/h9-10,15H,5-8H2,1-4H3. The second-order valence-electron chi connectivity index (χ2n) is 4.58. The number of unbranched alkanes of at least 4 members (excludes halogenated alkanes) is 2. The minimum absolute atomic E-state index is 0.110. The fraction of sp³-hybridized carbons (Fsp3) is 0.571. The maximum atomic E-state index is 12.3. The van der Waals surface area contributed by atoms with E-state index < -0.39 is 10.0 Å². The van der Waals surface area contributed by atoms with Gasteiger partial charge in [0.15, 0.2) is 0 Å². The second-order valence-corrected chi connectivity index (χ2v) is 6.31. The van der Waals surface area contributed by atoms with Crippen LogP contribution in [0.3, 0.4) is 0 Å². The third-order valence-corrected chi connectivity index (χ3v) is 4.53. The van der Waals surface area contributed by atoms with Gasteiger partial charge in [-0.15, -0.1) is 0 Å². The molecule has 0 fully saturated rings. The van der Waals surface area contributed by atoms with E-state index in [-0.39, 0.29) is 4.90 Å². The first-order valence-corrected chi connectivity index (χ1v) is 8.16. The summed E-state index contributed by atoms with van der Waals surface area (Å²) in [6, 6.07) is 3.16. The van der Waals surface area contributed by atoms with Crippen molar-refractivity contribution in [1.82, 2.24) is 4.72 Å². The summed E-state index contributed by atoms with van der Waals surface area (Å²) in [6.45, 7) is 4.34. The Kier molecular flexibility index (Phi) is 6.29. The minimum Gasteiger partial charge on any atom is -0.496 e. The fourth-order valence-electron chi connectivity index (χ4n) is 1.89. The molecule has 0 aliphatic carbocycles. The van der Waals surface area contributed by atoms with Gasteiger partial charge in [-0.1, -0.05) is 19.8 Å². The van der Waals surface area contributed by atoms with Crippen LogP contribution in [0.15, 0.2) is 17.0 Å². The van der Waals surface area contributed by atoms with Crippen molar-refractivity contribution in [2.75, 3.05) is 20.8 Å². The zero-order valence-electron chi connectivity index (χ0n) is 12.5. The molecule has 0 aliphatic rings. The third-order valence-electron chi connectivity index (χ3n) is 3.04. The van der Waals surface area contributed by atoms with Crippen LogP contribution in [-0.4, -0.2) is 29.2 Å². The molecule has 0 amide bonds. The lowest BCUT2D eigenvalue weighted by Crippen LogP contribution is -2.25. The molecule has 0 saturated carbocycles. The number of nitrogens with one attached hydrogen (secondary N) is 1. The van der Waals surface area contributed by atoms with E-state index in [0.717, 1.165) is 24.8 Å². The fourth-order valence-corrected chi connectivity index (χ4v) is 3.13. The Bertz CT molecular complexity index is 540. The van der Waals surface area contributed by atoms with Crippen LogP contribution in [0.2, 0.25) is 0 Å². The van der Waals surface area contributed by atoms with Gasteiger partial charge in [-0.25, -0.2) is 13.1 Å². The van der Waals surface area contributed by atoms with Crippen LogP contribution in [0.4, 0.5) is 0 Å². The Morgan fingerprint density at radius 1 is 1.10 bits per heavy atom. The average molecular weight is 301 g/mol. The molecule has 0 saturated heterocycles. The van der Waals surface area contributed by atoms with Gasteiger partial charge >= 0.3 is 0 Å². The Hall–Kier alpha value is -1.27. The van der Waals surface area contributed by atoms with E-state index in [0.29, 0.717) is 18.0 Å². The van der Waals surface area contributed by atoms with Crippen molar-refractivity contribution in [1.29, 1.82) is 0 Å². The Labute approximate surface area is 121 Å². The topological polar surface area (TPSA) is 64.6 Å². The van der Waals surface area contributed by atoms with Crippen molar-refractivity contribution in [2.45, 2.75) is 38.0 Å². The molecule has 0 aromatic heterocycles. The van der Waals surface area contributed by atoms with Gasteiger partial charge in [-0.2, -0.15) is 0 Å². The van der Waals surface area contributed by atoms with Crippen LogP contribution in [0.25, 0.3) is 0 Å². The number of methoxy groups -OCH3 is 2. The smallest absolute Gasteiger partial charge is 0.244 e. The number of rotatable bonds is 8. The molecule has 1 aromatic carbocycles. The maximum Gasteiger partial charge on any atom is 0.244 e. The summed E-state index contributed by atoms with van der Waals surface area (Å²) in [5.41, 5.74) is 0.828. The summed E-state index contributed by atoms with van der Waals surface area (Å²) < 4.78 is 37.5. The number of hydrogen-bond acceptors (Lipinski definition) is 4. The van der Waals surface area contributed by atoms with Gasteiger partial charge in [0.25, 0.3) is 0 Å². The van der Waals surface area contributed by atoms with E-state index in [1.807, 2.05) is 6.92 Å². The van der Waals surface area contributed by atoms with Crippen LogP contribution < -0.4 is 14.2 Å². The van der Waals surface area contributed by atoms with Gasteiger partial charge < -0.3 is 9.47 Å². The van der Waals surface area contributed by atoms with E-state index in [9.17, 15) is 8.42 Å². The lowest BCUT2D eigenvalue weighted by atomic mass is 10.2. The highest BCUT2D eigenvalue weighted by Gasteiger charge is 2.21. The zero-order chi connectivity index (χ0) is 15.2. The van der Waals surface area contributed by atoms with E-state index in [2.05, 4.69) is 11.6 Å². The summed E-state index contributed by atoms with van der Waals surface area (Å²) in [5.74, 6) is 0.853. The highest BCUT2D eigenvalue weighted by Crippen LogP contribution is 2.31. The monoisotopic (exact) mass is 301 g/mol. The zero-order valence-corrected chi connectivity index (χ0v) is 13.3. The van der Waals surface area contributed by atoms with E-state index in [1.165, 1.54) is 20.3 Å². The molecule has 0 bridgehead atoms. The number of aryl methyl sites for hydroxylation is 1. The largest absolute Gasteiger partial charge is 0.496 e. The predicted molar refractivity (Wildman–Crippen MR) is 79.0 cm³/mol. The Morgan fingerprint density at radius 2 is 1.75 bits per heavy atom. The first kappa shape index (κ1) is 16.8. The van der Waals surface area contributed by atoms with E-state index >= 15 is 0 Å². The van der Waals surface area contributed by atoms with Crippen molar-refractivity contribution < 1.29 is 17.9 Å². The molecule has 0 atom stereocenters. The van der Waals surface area contributed by atoms with Crippen LogP contribution in [0.5, 0.6) is 11.5 Å². The lowest BCUT2D eigenvalue weighted by molar-refractivity contribution is 0.389. The number of hydrogen-bond donors (Lipinski definition) is 1. The van der Waals surface area contributed by atoms with Gasteiger partial charge in [0, 0.05) is 12.6 Å². The minimum atomic E-state index is -3.59. The molecule has 114 valence electrons. The molecule has 0 spiro atoms. The lowest BCUT2D eigenvalue weighted by Gasteiger charge is -2.14. The third kappa shape index (κ3) is 4.11. The normalized spacial score (nSPS) is 11.4. The molecule has 0 heterocycles. The van der Waals surface area contributed by atoms with Gasteiger partial charge in [-0.05, 0) is 25.0 Å². The molecule has 1 aromatic rings. The summed E-state index contributed by atoms with van der Waals surface area (Å²) in [6.07, 6.45) is 2.86. The molecular weight excluding hydrogens is 278 g/mol. The second kappa shape index (κ2) is 7.50. The first-order valence-electron chi connectivity index (χ1n) is 6.68.